The summed E-state index contributed by atoms with van der Waals surface area (Å²) in [7, 11) is 0. The number of rotatable bonds is 5. The van der Waals surface area contributed by atoms with Gasteiger partial charge in [-0.1, -0.05) is 12.1 Å². The van der Waals surface area contributed by atoms with Crippen molar-refractivity contribution in [2.24, 2.45) is 0 Å². The first-order chi connectivity index (χ1) is 9.56. The minimum Gasteiger partial charge on any atom is -0.383 e. The van der Waals surface area contributed by atoms with Crippen molar-refractivity contribution >= 4 is 38.4 Å². The zero-order valence-corrected chi connectivity index (χ0v) is 13.2. The van der Waals surface area contributed by atoms with Gasteiger partial charge in [-0.3, -0.25) is 9.78 Å². The highest BCUT2D eigenvalue weighted by Crippen LogP contribution is 2.23. The van der Waals surface area contributed by atoms with E-state index in [0.29, 0.717) is 13.0 Å². The number of pyridine rings is 1. The van der Waals surface area contributed by atoms with Crippen LogP contribution < -0.4 is 10.6 Å². The van der Waals surface area contributed by atoms with Crippen molar-refractivity contribution < 1.29 is 4.79 Å². The number of hydrogen-bond donors (Lipinski definition) is 2. The van der Waals surface area contributed by atoms with E-state index >= 15 is 0 Å². The molecular weight excluding hydrogens is 318 g/mol. The van der Waals surface area contributed by atoms with Crippen LogP contribution in [-0.2, 0) is 4.79 Å². The summed E-state index contributed by atoms with van der Waals surface area (Å²) in [5, 5.41) is 7.21. The number of halogens is 1. The first kappa shape index (κ1) is 14.8. The Labute approximate surface area is 127 Å². The van der Waals surface area contributed by atoms with Crippen LogP contribution in [0.25, 0.3) is 10.9 Å². The Bertz CT molecular complexity index is 613. The third-order valence-corrected chi connectivity index (χ3v) is 3.23. The zero-order valence-electron chi connectivity index (χ0n) is 11.6. The predicted octanol–water partition coefficient (Wildman–Crippen LogP) is 3.32. The summed E-state index contributed by atoms with van der Waals surface area (Å²) in [6, 6.07) is 8.18. The quantitative estimate of drug-likeness (QED) is 0.881. The number of para-hydroxylation sites is 1. The van der Waals surface area contributed by atoms with Crippen LogP contribution in [0, 0.1) is 0 Å². The molecule has 0 aliphatic carbocycles. The Morgan fingerprint density at radius 2 is 2.20 bits per heavy atom. The fourth-order valence-electron chi connectivity index (χ4n) is 1.98. The van der Waals surface area contributed by atoms with Crippen molar-refractivity contribution in [1.29, 1.82) is 0 Å². The molecule has 0 aliphatic rings. The summed E-state index contributed by atoms with van der Waals surface area (Å²) < 4.78 is 0.957. The summed E-state index contributed by atoms with van der Waals surface area (Å²) in [5.74, 6) is 0.0587. The highest BCUT2D eigenvalue weighted by atomic mass is 79.9. The Morgan fingerprint density at radius 1 is 1.40 bits per heavy atom. The molecule has 0 spiro atoms. The number of benzene rings is 1. The number of anilines is 1. The van der Waals surface area contributed by atoms with Gasteiger partial charge >= 0.3 is 0 Å². The number of hydrogen-bond acceptors (Lipinski definition) is 3. The lowest BCUT2D eigenvalue weighted by Crippen LogP contribution is -2.31. The normalized spacial score (nSPS) is 10.8. The number of fused-ring (bicyclic) bond motifs is 1. The maximum Gasteiger partial charge on any atom is 0.221 e. The van der Waals surface area contributed by atoms with Crippen molar-refractivity contribution in [1.82, 2.24) is 10.3 Å². The van der Waals surface area contributed by atoms with Gasteiger partial charge in [0.25, 0.3) is 0 Å². The topological polar surface area (TPSA) is 54.0 Å². The van der Waals surface area contributed by atoms with E-state index in [-0.39, 0.29) is 11.9 Å². The van der Waals surface area contributed by atoms with E-state index in [1.54, 1.807) is 6.20 Å². The molecule has 0 fully saturated rings. The zero-order chi connectivity index (χ0) is 14.5. The second kappa shape index (κ2) is 6.70. The highest BCUT2D eigenvalue weighted by molar-refractivity contribution is 9.10. The van der Waals surface area contributed by atoms with Crippen LogP contribution in [0.4, 0.5) is 5.69 Å². The predicted molar refractivity (Wildman–Crippen MR) is 85.8 cm³/mol. The SMILES string of the molecule is CC(C)NC(=O)CCNc1cccc2cc(Br)cnc12. The maximum absolute atomic E-state index is 11.6. The third-order valence-electron chi connectivity index (χ3n) is 2.79. The summed E-state index contributed by atoms with van der Waals surface area (Å²) in [5.41, 5.74) is 1.87. The van der Waals surface area contributed by atoms with E-state index < -0.39 is 0 Å². The minimum absolute atomic E-state index is 0.0587. The van der Waals surface area contributed by atoms with E-state index in [0.717, 1.165) is 21.1 Å². The summed E-state index contributed by atoms with van der Waals surface area (Å²) in [4.78, 5) is 16.0. The number of nitrogens with zero attached hydrogens (tertiary/aromatic N) is 1. The van der Waals surface area contributed by atoms with Gasteiger partial charge in [0.05, 0.1) is 11.2 Å². The first-order valence-electron chi connectivity index (χ1n) is 6.64. The number of carbonyl (C=O) groups excluding carboxylic acids is 1. The Kier molecular flexibility index (Phi) is 4.95. The number of amides is 1. The molecule has 0 aliphatic heterocycles. The van der Waals surface area contributed by atoms with E-state index in [1.165, 1.54) is 0 Å². The van der Waals surface area contributed by atoms with Crippen LogP contribution in [0.3, 0.4) is 0 Å². The fraction of sp³-hybridized carbons (Fsp3) is 0.333. The summed E-state index contributed by atoms with van der Waals surface area (Å²) >= 11 is 3.42. The van der Waals surface area contributed by atoms with Gasteiger partial charge in [-0.15, -0.1) is 0 Å². The van der Waals surface area contributed by atoms with Crippen molar-refractivity contribution in [2.75, 3.05) is 11.9 Å². The van der Waals surface area contributed by atoms with Gasteiger partial charge in [0, 0.05) is 35.1 Å². The molecule has 0 atom stereocenters. The van der Waals surface area contributed by atoms with Gasteiger partial charge in [-0.2, -0.15) is 0 Å². The smallest absolute Gasteiger partial charge is 0.221 e. The molecule has 0 saturated heterocycles. The standard InChI is InChI=1S/C15H18BrN3O/c1-10(2)19-14(20)6-7-17-13-5-3-4-11-8-12(16)9-18-15(11)13/h3-5,8-10,17H,6-7H2,1-2H3,(H,19,20). The molecule has 1 heterocycles. The number of aromatic nitrogens is 1. The average molecular weight is 336 g/mol. The van der Waals surface area contributed by atoms with E-state index in [4.69, 9.17) is 0 Å². The molecule has 0 saturated carbocycles. The maximum atomic E-state index is 11.6. The van der Waals surface area contributed by atoms with Crippen LogP contribution in [0.2, 0.25) is 0 Å². The van der Waals surface area contributed by atoms with Crippen LogP contribution in [0.5, 0.6) is 0 Å². The molecule has 2 N–H and O–H groups in total. The van der Waals surface area contributed by atoms with Crippen LogP contribution in [0.15, 0.2) is 34.9 Å². The molecule has 0 bridgehead atoms. The van der Waals surface area contributed by atoms with Crippen molar-refractivity contribution in [3.05, 3.63) is 34.9 Å². The lowest BCUT2D eigenvalue weighted by atomic mass is 10.2. The molecule has 1 amide bonds. The molecule has 5 heteroatoms. The van der Waals surface area contributed by atoms with Gasteiger partial charge in [0.1, 0.15) is 0 Å². The lowest BCUT2D eigenvalue weighted by molar-refractivity contribution is -0.121. The Hall–Kier alpha value is -1.62. The van der Waals surface area contributed by atoms with E-state index in [2.05, 4.69) is 31.5 Å². The second-order valence-corrected chi connectivity index (χ2v) is 5.85. The Balaban J connectivity index is 2.01. The average Bonchev–Trinajstić information content (AvgIpc) is 2.37. The lowest BCUT2D eigenvalue weighted by Gasteiger charge is -2.11. The van der Waals surface area contributed by atoms with Crippen LogP contribution in [-0.4, -0.2) is 23.5 Å². The van der Waals surface area contributed by atoms with E-state index in [9.17, 15) is 4.79 Å². The largest absolute Gasteiger partial charge is 0.383 e. The van der Waals surface area contributed by atoms with Crippen molar-refractivity contribution in [2.45, 2.75) is 26.3 Å². The number of carbonyl (C=O) groups is 1. The minimum atomic E-state index is 0.0587. The van der Waals surface area contributed by atoms with Crippen molar-refractivity contribution in [3.63, 3.8) is 0 Å². The molecule has 0 radical (unpaired) electrons. The molecule has 1 aromatic carbocycles. The molecule has 2 aromatic rings. The molecule has 4 nitrogen and oxygen atoms in total. The third kappa shape index (κ3) is 3.93. The van der Waals surface area contributed by atoms with Crippen LogP contribution >= 0.6 is 15.9 Å². The fourth-order valence-corrected chi connectivity index (χ4v) is 2.33. The van der Waals surface area contributed by atoms with Gasteiger partial charge in [-0.25, -0.2) is 0 Å². The monoisotopic (exact) mass is 335 g/mol. The molecule has 0 unspecified atom stereocenters. The first-order valence-corrected chi connectivity index (χ1v) is 7.43. The van der Waals surface area contributed by atoms with Gasteiger partial charge < -0.3 is 10.6 Å². The molecule has 2 rings (SSSR count). The molecule has 1 aromatic heterocycles. The highest BCUT2D eigenvalue weighted by Gasteiger charge is 2.05. The van der Waals surface area contributed by atoms with Crippen LogP contribution in [0.1, 0.15) is 20.3 Å². The Morgan fingerprint density at radius 3 is 2.95 bits per heavy atom. The molecule has 20 heavy (non-hydrogen) atoms. The summed E-state index contributed by atoms with van der Waals surface area (Å²) in [6.45, 7) is 4.50. The van der Waals surface area contributed by atoms with Crippen molar-refractivity contribution in [3.8, 4) is 0 Å². The van der Waals surface area contributed by atoms with Gasteiger partial charge in [0.15, 0.2) is 0 Å². The van der Waals surface area contributed by atoms with Gasteiger partial charge in [0.2, 0.25) is 5.91 Å². The second-order valence-electron chi connectivity index (χ2n) is 4.93. The number of nitrogens with one attached hydrogen (secondary N) is 2. The van der Waals surface area contributed by atoms with E-state index in [1.807, 2.05) is 38.1 Å². The molecular formula is C15H18BrN3O. The summed E-state index contributed by atoms with van der Waals surface area (Å²) in [6.07, 6.45) is 2.23. The van der Waals surface area contributed by atoms with Gasteiger partial charge in [-0.05, 0) is 41.9 Å². The molecule has 106 valence electrons.